The second-order valence-electron chi connectivity index (χ2n) is 18.6. The zero-order valence-electron chi connectivity index (χ0n) is 41.0. The first-order chi connectivity index (χ1) is 32.0. The van der Waals surface area contributed by atoms with Gasteiger partial charge in [-0.1, -0.05) is 223 Å². The monoisotopic (exact) mass is 864 g/mol. The summed E-state index contributed by atoms with van der Waals surface area (Å²) in [6.07, 6.45) is 9.38. The van der Waals surface area contributed by atoms with Gasteiger partial charge in [0.1, 0.15) is 0 Å². The molecular weight excluding hydrogens is 795 g/mol. The number of benzene rings is 6. The third-order valence-corrected chi connectivity index (χ3v) is 13.2. The van der Waals surface area contributed by atoms with Gasteiger partial charge in [0.15, 0.2) is 0 Å². The van der Waals surface area contributed by atoms with E-state index in [0.29, 0.717) is 11.8 Å². The lowest BCUT2D eigenvalue weighted by Crippen LogP contribution is -2.03. The zero-order chi connectivity index (χ0) is 46.7. The molecule has 0 saturated heterocycles. The standard InChI is InChI=1S/C65H69N/c1-11-22-63(53-25-18-14-19-26-53)66-62(12-2)54-35-31-51(32-36-54)58-39-40-59(44(3)4)61(43-58)60-42-57(30-29-46(60)7)52-33-37-56(38-34-52)65(48(9)41-47(8)50-23-16-13-17-24-50)49(10)64(45(5)6)55-27-20-15-21-28-55/h13-28,31-40,42-45H,8,11-12,29-30,41H2,1-7,9-10H3/b63-22+,64-49+,65-48+,66-62?. The molecule has 1 aliphatic rings. The van der Waals surface area contributed by atoms with Crippen molar-refractivity contribution in [2.75, 3.05) is 0 Å². The Balaban J connectivity index is 1.22. The van der Waals surface area contributed by atoms with Crippen molar-refractivity contribution in [1.29, 1.82) is 0 Å². The number of hydrogen-bond donors (Lipinski definition) is 0. The quantitative estimate of drug-likeness (QED) is 0.0679. The molecule has 7 rings (SSSR count). The molecular formula is C65H69N. The molecule has 0 fully saturated rings. The van der Waals surface area contributed by atoms with E-state index in [1.807, 2.05) is 0 Å². The van der Waals surface area contributed by atoms with Crippen molar-refractivity contribution in [3.05, 3.63) is 238 Å². The molecule has 0 saturated carbocycles. The molecule has 0 spiro atoms. The molecule has 6 aromatic carbocycles. The van der Waals surface area contributed by atoms with Gasteiger partial charge in [-0.2, -0.15) is 0 Å². The Hall–Kier alpha value is -6.57. The maximum Gasteiger partial charge on any atom is 0.0665 e. The van der Waals surface area contributed by atoms with Crippen molar-refractivity contribution in [1.82, 2.24) is 0 Å². The van der Waals surface area contributed by atoms with Gasteiger partial charge in [0.05, 0.1) is 5.70 Å². The molecule has 0 amide bonds. The third kappa shape index (κ3) is 11.1. The Bertz CT molecular complexity index is 2820. The smallest absolute Gasteiger partial charge is 0.0665 e. The summed E-state index contributed by atoms with van der Waals surface area (Å²) < 4.78 is 0. The first-order valence-electron chi connectivity index (χ1n) is 24.3. The number of hydrogen-bond acceptors (Lipinski definition) is 1. The summed E-state index contributed by atoms with van der Waals surface area (Å²) in [5.74, 6) is 0.749. The van der Waals surface area contributed by atoms with E-state index in [1.54, 1.807) is 0 Å². The van der Waals surface area contributed by atoms with Crippen LogP contribution in [0.5, 0.6) is 0 Å². The first kappa shape index (κ1) is 47.4. The molecule has 0 aromatic heterocycles. The molecule has 1 nitrogen and oxygen atoms in total. The van der Waals surface area contributed by atoms with Gasteiger partial charge < -0.3 is 0 Å². The summed E-state index contributed by atoms with van der Waals surface area (Å²) >= 11 is 0. The van der Waals surface area contributed by atoms with E-state index in [9.17, 15) is 0 Å². The Morgan fingerprint density at radius 2 is 1.18 bits per heavy atom. The van der Waals surface area contributed by atoms with Crippen molar-refractivity contribution in [3.8, 4) is 11.1 Å². The van der Waals surface area contributed by atoms with Crippen molar-refractivity contribution >= 4 is 39.3 Å². The fourth-order valence-electron chi connectivity index (χ4n) is 9.77. The molecule has 6 aromatic rings. The summed E-state index contributed by atoms with van der Waals surface area (Å²) in [7, 11) is 0. The summed E-state index contributed by atoms with van der Waals surface area (Å²) in [6, 6.07) is 57.7. The molecule has 1 heteroatoms. The van der Waals surface area contributed by atoms with Crippen molar-refractivity contribution in [2.45, 2.75) is 100 Å². The Kier molecular flexibility index (Phi) is 15.9. The minimum atomic E-state index is 0.358. The van der Waals surface area contributed by atoms with E-state index in [-0.39, 0.29) is 0 Å². The lowest BCUT2D eigenvalue weighted by molar-refractivity contribution is 0.850. The van der Waals surface area contributed by atoms with Gasteiger partial charge in [0, 0.05) is 5.71 Å². The fourth-order valence-corrected chi connectivity index (χ4v) is 9.77. The molecule has 0 atom stereocenters. The molecule has 0 unspecified atom stereocenters. The summed E-state index contributed by atoms with van der Waals surface area (Å²) in [4.78, 5) is 5.21. The van der Waals surface area contributed by atoms with E-state index >= 15 is 0 Å². The molecule has 0 aliphatic heterocycles. The van der Waals surface area contributed by atoms with Crippen LogP contribution >= 0.6 is 0 Å². The van der Waals surface area contributed by atoms with E-state index < -0.39 is 0 Å². The minimum absolute atomic E-state index is 0.358. The normalized spacial score (nSPS) is 14.3. The second-order valence-corrected chi connectivity index (χ2v) is 18.6. The predicted octanol–water partition coefficient (Wildman–Crippen LogP) is 18.8. The first-order valence-corrected chi connectivity index (χ1v) is 24.3. The molecule has 0 bridgehead atoms. The molecule has 0 heterocycles. The van der Waals surface area contributed by atoms with Gasteiger partial charge in [-0.25, -0.2) is 0 Å². The summed E-state index contributed by atoms with van der Waals surface area (Å²) in [5, 5.41) is 0. The summed E-state index contributed by atoms with van der Waals surface area (Å²) in [6.45, 7) is 25.1. The zero-order valence-corrected chi connectivity index (χ0v) is 41.0. The van der Waals surface area contributed by atoms with Gasteiger partial charge >= 0.3 is 0 Å². The van der Waals surface area contributed by atoms with Gasteiger partial charge in [0.25, 0.3) is 0 Å². The average molecular weight is 864 g/mol. The Morgan fingerprint density at radius 1 is 0.621 bits per heavy atom. The van der Waals surface area contributed by atoms with E-state index in [2.05, 4.69) is 239 Å². The number of allylic oxidation sites excluding steroid dienone is 10. The highest BCUT2D eigenvalue weighted by molar-refractivity contribution is 6.03. The molecule has 1 aliphatic carbocycles. The highest BCUT2D eigenvalue weighted by Gasteiger charge is 2.21. The largest absolute Gasteiger partial charge is 0.253 e. The van der Waals surface area contributed by atoms with Crippen molar-refractivity contribution in [3.63, 3.8) is 0 Å². The van der Waals surface area contributed by atoms with Crippen molar-refractivity contribution in [2.24, 2.45) is 10.9 Å². The summed E-state index contributed by atoms with van der Waals surface area (Å²) in [5.41, 5.74) is 25.4. The average Bonchev–Trinajstić information content (AvgIpc) is 3.34. The van der Waals surface area contributed by atoms with Crippen LogP contribution in [0.3, 0.4) is 0 Å². The van der Waals surface area contributed by atoms with Gasteiger partial charge in [-0.05, 0) is 160 Å². The molecule has 0 radical (unpaired) electrons. The lowest BCUT2D eigenvalue weighted by Gasteiger charge is -2.24. The number of rotatable bonds is 16. The van der Waals surface area contributed by atoms with Crippen LogP contribution in [0.25, 0.3) is 44.7 Å². The topological polar surface area (TPSA) is 12.4 Å². The van der Waals surface area contributed by atoms with Crippen LogP contribution < -0.4 is 0 Å². The van der Waals surface area contributed by atoms with Crippen LogP contribution in [0.1, 0.15) is 145 Å². The predicted molar refractivity (Wildman–Crippen MR) is 290 cm³/mol. The fraction of sp³-hybridized carbons (Fsp3) is 0.246. The van der Waals surface area contributed by atoms with Crippen LogP contribution in [0.4, 0.5) is 0 Å². The lowest BCUT2D eigenvalue weighted by atomic mass is 9.81. The number of nitrogens with zero attached hydrogens (tertiary/aromatic N) is 1. The van der Waals surface area contributed by atoms with Gasteiger partial charge in [0.2, 0.25) is 0 Å². The van der Waals surface area contributed by atoms with E-state index in [4.69, 9.17) is 4.99 Å². The van der Waals surface area contributed by atoms with Crippen molar-refractivity contribution < 1.29 is 0 Å². The maximum atomic E-state index is 5.21. The van der Waals surface area contributed by atoms with Crippen LogP contribution in [-0.4, -0.2) is 5.71 Å². The third-order valence-electron chi connectivity index (χ3n) is 13.2. The highest BCUT2D eigenvalue weighted by Crippen LogP contribution is 2.42. The van der Waals surface area contributed by atoms with E-state index in [0.717, 1.165) is 54.6 Å². The number of aliphatic imine (C=N–C) groups is 1. The van der Waals surface area contributed by atoms with Crippen LogP contribution in [0, 0.1) is 5.92 Å². The SMILES string of the molecule is C=C(C/C(C)=C(\C(C)=C(\c1ccccc1)C(C)C)c1ccc(C2=CC(c3cc(-c4ccc(C(CC)=N/C(=C/CC)c5ccccc5)cc4)ccc3C(C)C)=C(C)CC2)cc1)c1ccccc1. The Labute approximate surface area is 397 Å². The minimum Gasteiger partial charge on any atom is -0.253 e. The molecule has 66 heavy (non-hydrogen) atoms. The van der Waals surface area contributed by atoms with Gasteiger partial charge in [-0.15, -0.1) is 0 Å². The maximum absolute atomic E-state index is 5.21. The molecule has 0 N–H and O–H groups in total. The highest BCUT2D eigenvalue weighted by atomic mass is 14.8. The second kappa shape index (κ2) is 22.1. The molecule has 334 valence electrons. The van der Waals surface area contributed by atoms with Crippen LogP contribution in [0.15, 0.2) is 198 Å². The van der Waals surface area contributed by atoms with Crippen LogP contribution in [0.2, 0.25) is 0 Å². The van der Waals surface area contributed by atoms with Crippen LogP contribution in [-0.2, 0) is 0 Å². The Morgan fingerprint density at radius 3 is 1.76 bits per heavy atom. The van der Waals surface area contributed by atoms with E-state index in [1.165, 1.54) is 89.1 Å². The van der Waals surface area contributed by atoms with Gasteiger partial charge in [-0.3, -0.25) is 4.99 Å².